The third-order valence-electron chi connectivity index (χ3n) is 5.34. The number of anilines is 1. The summed E-state index contributed by atoms with van der Waals surface area (Å²) >= 11 is 0. The first-order chi connectivity index (χ1) is 15.1. The van der Waals surface area contributed by atoms with E-state index in [9.17, 15) is 5.11 Å². The molecule has 0 bridgehead atoms. The third-order valence-corrected chi connectivity index (χ3v) is 5.34. The largest absolute Gasteiger partial charge is 0.506 e. The van der Waals surface area contributed by atoms with E-state index in [-0.39, 0.29) is 24.0 Å². The highest BCUT2D eigenvalue weighted by atomic mass is 127. The van der Waals surface area contributed by atoms with Gasteiger partial charge in [0.15, 0.2) is 5.96 Å². The zero-order valence-electron chi connectivity index (χ0n) is 19.1. The second-order valence-corrected chi connectivity index (χ2v) is 7.14. The zero-order chi connectivity index (χ0) is 22.2. The second-order valence-electron chi connectivity index (χ2n) is 7.14. The lowest BCUT2D eigenvalue weighted by atomic mass is 10.1. The molecule has 0 aliphatic carbocycles. The van der Waals surface area contributed by atoms with Crippen molar-refractivity contribution in [3.63, 3.8) is 0 Å². The van der Waals surface area contributed by atoms with Crippen LogP contribution in [0, 0.1) is 0 Å². The van der Waals surface area contributed by atoms with Crippen molar-refractivity contribution < 1.29 is 19.3 Å². The number of methoxy groups -OCH3 is 3. The number of aromatic hydroxyl groups is 1. The van der Waals surface area contributed by atoms with Crippen molar-refractivity contribution in [2.45, 2.75) is 13.5 Å². The molecule has 1 fully saturated rings. The Morgan fingerprint density at radius 2 is 1.62 bits per heavy atom. The molecular weight excluding hydrogens is 523 g/mol. The molecular formula is C23H33IN4O4. The summed E-state index contributed by atoms with van der Waals surface area (Å²) in [6.45, 7) is 6.46. The number of hydrogen-bond donors (Lipinski definition) is 2. The van der Waals surface area contributed by atoms with Gasteiger partial charge in [0, 0.05) is 44.9 Å². The molecule has 0 saturated carbocycles. The van der Waals surface area contributed by atoms with E-state index in [1.165, 1.54) is 0 Å². The van der Waals surface area contributed by atoms with Crippen molar-refractivity contribution in [1.29, 1.82) is 0 Å². The maximum atomic E-state index is 10.1. The van der Waals surface area contributed by atoms with Crippen molar-refractivity contribution in [2.24, 2.45) is 4.99 Å². The van der Waals surface area contributed by atoms with Gasteiger partial charge in [-0.15, -0.1) is 24.0 Å². The maximum Gasteiger partial charge on any atom is 0.194 e. The SMILES string of the molecule is CCNC(=NCc1c(OC)cc(OC)cc1OC)N1CCN(c2ccccc2O)CC1.I. The second kappa shape index (κ2) is 12.5. The van der Waals surface area contributed by atoms with Crippen LogP contribution in [0.25, 0.3) is 0 Å². The van der Waals surface area contributed by atoms with Crippen LogP contribution in [0.4, 0.5) is 5.69 Å². The number of nitrogens with zero attached hydrogens (tertiary/aromatic N) is 3. The number of benzene rings is 2. The van der Waals surface area contributed by atoms with Crippen LogP contribution >= 0.6 is 24.0 Å². The normalized spacial score (nSPS) is 13.9. The molecule has 0 aromatic heterocycles. The van der Waals surface area contributed by atoms with Gasteiger partial charge in [0.2, 0.25) is 0 Å². The van der Waals surface area contributed by atoms with Crippen LogP contribution < -0.4 is 24.4 Å². The number of halogens is 1. The first-order valence-corrected chi connectivity index (χ1v) is 10.5. The molecule has 1 saturated heterocycles. The quantitative estimate of drug-likeness (QED) is 0.308. The van der Waals surface area contributed by atoms with Gasteiger partial charge in [-0.05, 0) is 19.1 Å². The van der Waals surface area contributed by atoms with Gasteiger partial charge in [-0.1, -0.05) is 12.1 Å². The number of para-hydroxylation sites is 2. The molecule has 0 radical (unpaired) electrons. The Kier molecular flexibility index (Phi) is 10.0. The van der Waals surface area contributed by atoms with E-state index in [0.717, 1.165) is 49.9 Å². The molecule has 1 aliphatic heterocycles. The number of hydrogen-bond acceptors (Lipinski definition) is 6. The minimum atomic E-state index is 0. The Labute approximate surface area is 207 Å². The minimum absolute atomic E-state index is 0. The number of guanidine groups is 1. The zero-order valence-corrected chi connectivity index (χ0v) is 21.5. The van der Waals surface area contributed by atoms with Crippen LogP contribution in [0.1, 0.15) is 12.5 Å². The van der Waals surface area contributed by atoms with E-state index < -0.39 is 0 Å². The first-order valence-electron chi connectivity index (χ1n) is 10.5. The van der Waals surface area contributed by atoms with Crippen LogP contribution in [0.5, 0.6) is 23.0 Å². The van der Waals surface area contributed by atoms with Crippen LogP contribution in [-0.4, -0.2) is 70.0 Å². The predicted molar refractivity (Wildman–Crippen MR) is 138 cm³/mol. The number of aliphatic imine (C=N–C) groups is 1. The number of rotatable bonds is 7. The minimum Gasteiger partial charge on any atom is -0.506 e. The van der Waals surface area contributed by atoms with Crippen LogP contribution in [0.15, 0.2) is 41.4 Å². The van der Waals surface area contributed by atoms with Crippen molar-refractivity contribution in [2.75, 3.05) is 59.0 Å². The van der Waals surface area contributed by atoms with Crippen LogP contribution in [0.2, 0.25) is 0 Å². The van der Waals surface area contributed by atoms with E-state index in [1.54, 1.807) is 27.4 Å². The van der Waals surface area contributed by atoms with Crippen molar-refractivity contribution in [1.82, 2.24) is 10.2 Å². The highest BCUT2D eigenvalue weighted by Crippen LogP contribution is 2.34. The summed E-state index contributed by atoms with van der Waals surface area (Å²) < 4.78 is 16.4. The van der Waals surface area contributed by atoms with Crippen molar-refractivity contribution in [3.05, 3.63) is 42.0 Å². The molecule has 3 rings (SSSR count). The molecule has 1 aliphatic rings. The molecule has 0 unspecified atom stereocenters. The fourth-order valence-electron chi connectivity index (χ4n) is 3.70. The number of ether oxygens (including phenoxy) is 3. The Morgan fingerprint density at radius 3 is 2.16 bits per heavy atom. The molecule has 32 heavy (non-hydrogen) atoms. The highest BCUT2D eigenvalue weighted by Gasteiger charge is 2.22. The lowest BCUT2D eigenvalue weighted by molar-refractivity contribution is 0.364. The number of nitrogens with one attached hydrogen (secondary N) is 1. The Hall–Kier alpha value is -2.56. The average molecular weight is 556 g/mol. The molecule has 2 aromatic rings. The lowest BCUT2D eigenvalue weighted by Gasteiger charge is -2.37. The molecule has 0 atom stereocenters. The van der Waals surface area contributed by atoms with Gasteiger partial charge in [-0.3, -0.25) is 0 Å². The number of phenolic OH excluding ortho intramolecular Hbond substituents is 1. The summed E-state index contributed by atoms with van der Waals surface area (Å²) in [4.78, 5) is 9.30. The van der Waals surface area contributed by atoms with Crippen LogP contribution in [-0.2, 0) is 6.54 Å². The first kappa shape index (κ1) is 25.7. The summed E-state index contributed by atoms with van der Waals surface area (Å²) in [5.74, 6) is 3.20. The average Bonchev–Trinajstić information content (AvgIpc) is 2.81. The highest BCUT2D eigenvalue weighted by molar-refractivity contribution is 14.0. The standard InChI is InChI=1S/C23H32N4O4.HI/c1-5-24-23(25-16-18-21(30-3)14-17(29-2)15-22(18)31-4)27-12-10-26(11-13-27)19-8-6-7-9-20(19)28;/h6-9,14-15,28H,5,10-13,16H2,1-4H3,(H,24,25);1H. The van der Waals surface area contributed by atoms with Gasteiger partial charge in [0.05, 0.1) is 39.1 Å². The number of piperazine rings is 1. The number of phenols is 1. The van der Waals surface area contributed by atoms with E-state index in [4.69, 9.17) is 19.2 Å². The van der Waals surface area contributed by atoms with E-state index >= 15 is 0 Å². The molecule has 9 heteroatoms. The van der Waals surface area contributed by atoms with E-state index in [1.807, 2.05) is 30.3 Å². The fourth-order valence-corrected chi connectivity index (χ4v) is 3.70. The third kappa shape index (κ3) is 6.02. The molecule has 1 heterocycles. The molecule has 0 amide bonds. The Bertz CT molecular complexity index is 876. The maximum absolute atomic E-state index is 10.1. The molecule has 0 spiro atoms. The summed E-state index contributed by atoms with van der Waals surface area (Å²) in [5, 5.41) is 13.5. The summed E-state index contributed by atoms with van der Waals surface area (Å²) in [7, 11) is 4.87. The van der Waals surface area contributed by atoms with Gasteiger partial charge < -0.3 is 34.4 Å². The fraction of sp³-hybridized carbons (Fsp3) is 0.435. The van der Waals surface area contributed by atoms with Gasteiger partial charge in [-0.25, -0.2) is 4.99 Å². The topological polar surface area (TPSA) is 78.8 Å². The predicted octanol–water partition coefficient (Wildman–Crippen LogP) is 3.32. The van der Waals surface area contributed by atoms with Gasteiger partial charge in [0.25, 0.3) is 0 Å². The molecule has 2 N–H and O–H groups in total. The van der Waals surface area contributed by atoms with Crippen molar-refractivity contribution >= 4 is 35.6 Å². The Morgan fingerprint density at radius 1 is 1.00 bits per heavy atom. The van der Waals surface area contributed by atoms with Crippen LogP contribution in [0.3, 0.4) is 0 Å². The molecule has 8 nitrogen and oxygen atoms in total. The van der Waals surface area contributed by atoms with Gasteiger partial charge >= 0.3 is 0 Å². The summed E-state index contributed by atoms with van der Waals surface area (Å²) in [6.07, 6.45) is 0. The molecule has 176 valence electrons. The Balaban J connectivity index is 0.00000363. The lowest BCUT2D eigenvalue weighted by Crippen LogP contribution is -2.52. The van der Waals surface area contributed by atoms with Crippen molar-refractivity contribution in [3.8, 4) is 23.0 Å². The van der Waals surface area contributed by atoms with Gasteiger partial charge in [0.1, 0.15) is 23.0 Å². The smallest absolute Gasteiger partial charge is 0.194 e. The molecule has 2 aromatic carbocycles. The van der Waals surface area contributed by atoms with Gasteiger partial charge in [-0.2, -0.15) is 0 Å². The van der Waals surface area contributed by atoms with E-state index in [2.05, 4.69) is 22.0 Å². The van der Waals surface area contributed by atoms with E-state index in [0.29, 0.717) is 29.5 Å². The summed E-state index contributed by atoms with van der Waals surface area (Å²) in [6, 6.07) is 11.1. The monoisotopic (exact) mass is 556 g/mol. The summed E-state index contributed by atoms with van der Waals surface area (Å²) in [5.41, 5.74) is 1.74.